The van der Waals surface area contributed by atoms with E-state index in [4.69, 9.17) is 18.9 Å². The van der Waals surface area contributed by atoms with E-state index >= 15 is 0 Å². The molecule has 6 fully saturated rings. The molecule has 9 heteroatoms. The molecule has 12 atom stereocenters. The lowest BCUT2D eigenvalue weighted by Gasteiger charge is -2.59. The highest BCUT2D eigenvalue weighted by Gasteiger charge is 2.85. The minimum Gasteiger partial charge on any atom is -0.430 e. The van der Waals surface area contributed by atoms with E-state index in [0.717, 1.165) is 38.5 Å². The Balaban J connectivity index is 0.00000122. The lowest BCUT2D eigenvalue weighted by atomic mass is 9.46. The van der Waals surface area contributed by atoms with Crippen LogP contribution in [0.25, 0.3) is 0 Å². The van der Waals surface area contributed by atoms with E-state index in [1.165, 1.54) is 43.5 Å². The van der Waals surface area contributed by atoms with E-state index in [9.17, 15) is 20.0 Å². The third kappa shape index (κ3) is 5.96. The molecule has 280 valence electrons. The molecule has 0 radical (unpaired) electrons. The van der Waals surface area contributed by atoms with Gasteiger partial charge in [-0.3, -0.25) is 10.1 Å². The summed E-state index contributed by atoms with van der Waals surface area (Å²) in [6.07, 6.45) is 24.9. The topological polar surface area (TPSA) is 117 Å². The zero-order valence-corrected chi connectivity index (χ0v) is 31.6. The van der Waals surface area contributed by atoms with Gasteiger partial charge in [0.15, 0.2) is 0 Å². The SMILES string of the molecule is C#C.C#C.CCO[C@@H]([C@H]1CC[C@H]2[C@@H](CC3[C@@H]4CCC5C(C)(C)[C@@H](OC(=O)Oc6ccc([N+](=O)[O-])cc6)CCC56[C@@H](C)[C@@]46CC[C@@]32C)O1)C(C)(C)O. The number of nitro benzene ring substituents is 1. The second-order valence-electron chi connectivity index (χ2n) is 17.4. The number of non-ortho nitro benzene ring substituents is 1. The lowest BCUT2D eigenvalue weighted by Crippen LogP contribution is -2.55. The Morgan fingerprint density at radius 1 is 0.980 bits per heavy atom. The fourth-order valence-electron chi connectivity index (χ4n) is 13.3. The Bertz CT molecular complexity index is 1470. The molecule has 6 aliphatic rings. The quantitative estimate of drug-likeness (QED) is 0.0986. The maximum Gasteiger partial charge on any atom is 0.514 e. The summed E-state index contributed by atoms with van der Waals surface area (Å²) in [6, 6.07) is 5.53. The Kier molecular flexibility index (Phi) is 10.8. The van der Waals surface area contributed by atoms with Gasteiger partial charge in [-0.1, -0.05) is 27.7 Å². The summed E-state index contributed by atoms with van der Waals surface area (Å²) in [4.78, 5) is 23.5. The molecule has 1 saturated heterocycles. The van der Waals surface area contributed by atoms with E-state index < -0.39 is 16.7 Å². The van der Waals surface area contributed by atoms with Crippen LogP contribution in [0.5, 0.6) is 5.75 Å². The van der Waals surface area contributed by atoms with E-state index in [-0.39, 0.29) is 52.1 Å². The maximum atomic E-state index is 13.0. The average molecular weight is 706 g/mol. The predicted octanol–water partition coefficient (Wildman–Crippen LogP) is 8.61. The molecule has 3 unspecified atom stereocenters. The fraction of sp³-hybridized carbons (Fsp3) is 0.738. The van der Waals surface area contributed by atoms with Gasteiger partial charge in [-0.15, -0.1) is 25.7 Å². The molecule has 0 bridgehead atoms. The van der Waals surface area contributed by atoms with Crippen molar-refractivity contribution in [1.29, 1.82) is 0 Å². The first-order valence-corrected chi connectivity index (χ1v) is 18.9. The Morgan fingerprint density at radius 2 is 1.63 bits per heavy atom. The largest absolute Gasteiger partial charge is 0.514 e. The van der Waals surface area contributed by atoms with Crippen molar-refractivity contribution >= 4 is 11.8 Å². The molecule has 0 amide bonds. The Morgan fingerprint density at radius 3 is 2.24 bits per heavy atom. The molecule has 1 aromatic carbocycles. The van der Waals surface area contributed by atoms with E-state index in [1.807, 2.05) is 20.8 Å². The fourth-order valence-corrected chi connectivity index (χ4v) is 13.3. The zero-order valence-electron chi connectivity index (χ0n) is 31.6. The number of ether oxygens (including phenoxy) is 4. The zero-order chi connectivity index (χ0) is 37.7. The lowest BCUT2D eigenvalue weighted by molar-refractivity contribution is -0.384. The maximum absolute atomic E-state index is 13.0. The van der Waals surface area contributed by atoms with Gasteiger partial charge in [0, 0.05) is 24.2 Å². The number of aliphatic hydroxyl groups is 1. The number of hydrogen-bond donors (Lipinski definition) is 1. The van der Waals surface area contributed by atoms with Crippen LogP contribution in [0.3, 0.4) is 0 Å². The van der Waals surface area contributed by atoms with Gasteiger partial charge in [0.2, 0.25) is 0 Å². The molecule has 1 heterocycles. The number of rotatable bonds is 7. The molecule has 2 spiro atoms. The number of nitro groups is 1. The minimum atomic E-state index is -0.947. The third-order valence-corrected chi connectivity index (χ3v) is 15.1. The van der Waals surface area contributed by atoms with Gasteiger partial charge in [-0.25, -0.2) is 4.79 Å². The summed E-state index contributed by atoms with van der Waals surface area (Å²) in [7, 11) is 0. The van der Waals surface area contributed by atoms with Crippen molar-refractivity contribution in [1.82, 2.24) is 0 Å². The second-order valence-corrected chi connectivity index (χ2v) is 17.4. The molecule has 51 heavy (non-hydrogen) atoms. The van der Waals surface area contributed by atoms with Crippen molar-refractivity contribution in [3.8, 4) is 31.4 Å². The van der Waals surface area contributed by atoms with Gasteiger partial charge in [0.05, 0.1) is 22.7 Å². The molecule has 1 aromatic rings. The second kappa shape index (κ2) is 14.0. The van der Waals surface area contributed by atoms with Gasteiger partial charge in [-0.05, 0) is 137 Å². The van der Waals surface area contributed by atoms with Crippen molar-refractivity contribution in [3.05, 3.63) is 34.4 Å². The summed E-state index contributed by atoms with van der Waals surface area (Å²) in [5, 5.41) is 21.9. The number of carbonyl (C=O) groups is 1. The van der Waals surface area contributed by atoms with E-state index in [1.54, 1.807) is 0 Å². The Labute approximate surface area is 305 Å². The monoisotopic (exact) mass is 705 g/mol. The van der Waals surface area contributed by atoms with Gasteiger partial charge in [-0.2, -0.15) is 0 Å². The Hall–Kier alpha value is -3.11. The summed E-state index contributed by atoms with van der Waals surface area (Å²) in [5.41, 5.74) is -0.282. The molecule has 1 aliphatic heterocycles. The van der Waals surface area contributed by atoms with Gasteiger partial charge < -0.3 is 24.1 Å². The van der Waals surface area contributed by atoms with Crippen LogP contribution in [0.15, 0.2) is 24.3 Å². The van der Waals surface area contributed by atoms with Crippen LogP contribution in [0.2, 0.25) is 0 Å². The predicted molar refractivity (Wildman–Crippen MR) is 196 cm³/mol. The number of benzene rings is 1. The van der Waals surface area contributed by atoms with Crippen LogP contribution in [-0.4, -0.2) is 52.8 Å². The van der Waals surface area contributed by atoms with Crippen LogP contribution in [0.1, 0.15) is 106 Å². The van der Waals surface area contributed by atoms with Gasteiger partial charge in [0.25, 0.3) is 5.69 Å². The molecule has 9 nitrogen and oxygen atoms in total. The summed E-state index contributed by atoms with van der Waals surface area (Å²) in [6.45, 7) is 15.9. The third-order valence-electron chi connectivity index (χ3n) is 15.1. The standard InChI is InChI=1S/C38H55NO8.2C2H2/c1-8-44-32(35(5,6)41)28-15-13-26-29(46-28)21-27-25-14-16-30-34(3,4)31(47-33(40)45-24-11-9-23(10-12-24)39(42)43)17-18-38(30)22(2)37(25,38)20-19-36(26,27)7;2*1-2/h9-12,22,25-32,41H,8,13-21H2,1-7H3;2*1-2H/t22-,25-,26-,27?,28+,29+,30?,31-,32-,36+,37-,38?;;/m0../s1. The smallest absolute Gasteiger partial charge is 0.430 e. The average Bonchev–Trinajstić information content (AvgIpc) is 3.48. The van der Waals surface area contributed by atoms with Crippen molar-refractivity contribution in [2.75, 3.05) is 6.61 Å². The molecule has 5 saturated carbocycles. The highest BCUT2D eigenvalue weighted by molar-refractivity contribution is 5.64. The van der Waals surface area contributed by atoms with Crippen LogP contribution < -0.4 is 4.74 Å². The van der Waals surface area contributed by atoms with E-state index in [0.29, 0.717) is 41.6 Å². The van der Waals surface area contributed by atoms with Crippen LogP contribution in [0, 0.1) is 87.1 Å². The molecule has 5 aliphatic carbocycles. The number of carbonyl (C=O) groups excluding carboxylic acids is 1. The molecular formula is C42H59NO8. The van der Waals surface area contributed by atoms with Crippen molar-refractivity contribution < 1.29 is 33.8 Å². The van der Waals surface area contributed by atoms with Crippen molar-refractivity contribution in [2.24, 2.45) is 51.2 Å². The summed E-state index contributed by atoms with van der Waals surface area (Å²) >= 11 is 0. The van der Waals surface area contributed by atoms with Crippen LogP contribution in [-0.2, 0) is 14.2 Å². The number of nitrogens with zero attached hydrogens (tertiary/aromatic N) is 1. The van der Waals surface area contributed by atoms with Crippen LogP contribution >= 0.6 is 0 Å². The number of terminal acetylenes is 2. The molecule has 1 N–H and O–H groups in total. The number of hydrogen-bond acceptors (Lipinski definition) is 8. The first kappa shape index (κ1) is 39.1. The summed E-state index contributed by atoms with van der Waals surface area (Å²) in [5.74, 6) is 3.27. The van der Waals surface area contributed by atoms with E-state index in [2.05, 4.69) is 53.4 Å². The molecule has 7 rings (SSSR count). The highest BCUT2D eigenvalue weighted by Crippen LogP contribution is 2.89. The van der Waals surface area contributed by atoms with Gasteiger partial charge in [0.1, 0.15) is 18.0 Å². The molecule has 0 aromatic heterocycles. The summed E-state index contributed by atoms with van der Waals surface area (Å²) < 4.78 is 24.5. The van der Waals surface area contributed by atoms with Crippen LogP contribution in [0.4, 0.5) is 10.5 Å². The normalized spacial score (nSPS) is 40.3. The first-order chi connectivity index (χ1) is 24.1. The van der Waals surface area contributed by atoms with Crippen molar-refractivity contribution in [2.45, 2.75) is 136 Å². The van der Waals surface area contributed by atoms with Crippen molar-refractivity contribution in [3.63, 3.8) is 0 Å². The first-order valence-electron chi connectivity index (χ1n) is 18.9. The minimum absolute atomic E-state index is 0.0513. The molecular weight excluding hydrogens is 646 g/mol. The number of fused-ring (bicyclic) bond motifs is 4. The van der Waals surface area contributed by atoms with Gasteiger partial charge >= 0.3 is 6.16 Å². The highest BCUT2D eigenvalue weighted by atomic mass is 16.7.